The van der Waals surface area contributed by atoms with Gasteiger partial charge in [0.25, 0.3) is 0 Å². The average Bonchev–Trinajstić information content (AvgIpc) is 2.69. The zero-order valence-electron chi connectivity index (χ0n) is 10.3. The molecule has 1 atom stereocenters. The fraction of sp³-hybridized carbons (Fsp3) is 0.600. The second-order valence-corrected chi connectivity index (χ2v) is 5.12. The Balaban J connectivity index is 2.94. The van der Waals surface area contributed by atoms with E-state index in [1.165, 1.54) is 24.9 Å². The van der Waals surface area contributed by atoms with Crippen molar-refractivity contribution in [2.45, 2.75) is 25.6 Å². The van der Waals surface area contributed by atoms with Crippen molar-refractivity contribution in [2.75, 3.05) is 18.5 Å². The van der Waals surface area contributed by atoms with E-state index in [0.29, 0.717) is 4.88 Å². The van der Waals surface area contributed by atoms with Crippen molar-refractivity contribution >= 4 is 22.0 Å². The van der Waals surface area contributed by atoms with Crippen molar-refractivity contribution in [1.82, 2.24) is 0 Å². The fourth-order valence-electron chi connectivity index (χ4n) is 1.40. The molecule has 0 aliphatic carbocycles. The number of nitrogens with zero attached hydrogens (tertiary/aromatic N) is 2. The predicted octanol–water partition coefficient (Wildman–Crippen LogP) is 3.10. The number of rotatable bonds is 5. The Kier molecular flexibility index (Phi) is 4.75. The van der Waals surface area contributed by atoms with Gasteiger partial charge in [0.15, 0.2) is 5.00 Å². The summed E-state index contributed by atoms with van der Waals surface area (Å²) in [6.45, 7) is 1.07. The molecule has 0 saturated heterocycles. The summed E-state index contributed by atoms with van der Waals surface area (Å²) in [4.78, 5) is 11.7. The van der Waals surface area contributed by atoms with Crippen molar-refractivity contribution in [3.8, 4) is 0 Å². The maximum atomic E-state index is 12.1. The van der Waals surface area contributed by atoms with Gasteiger partial charge < -0.3 is 10.0 Å². The lowest BCUT2D eigenvalue weighted by Gasteiger charge is -2.17. The van der Waals surface area contributed by atoms with Crippen LogP contribution in [-0.4, -0.2) is 29.8 Å². The highest BCUT2D eigenvalue weighted by atomic mass is 32.1. The van der Waals surface area contributed by atoms with E-state index in [0.717, 1.165) is 11.3 Å². The van der Waals surface area contributed by atoms with Crippen LogP contribution >= 0.6 is 11.3 Å². The van der Waals surface area contributed by atoms with E-state index < -0.39 is 23.6 Å². The molecule has 5 nitrogen and oxygen atoms in total. The van der Waals surface area contributed by atoms with Gasteiger partial charge in [0, 0.05) is 24.5 Å². The molecule has 0 aliphatic rings. The smallest absolute Gasteiger partial charge is 0.388 e. The molecule has 1 aromatic heterocycles. The lowest BCUT2D eigenvalue weighted by atomic mass is 10.3. The molecule has 0 saturated carbocycles. The molecule has 108 valence electrons. The topological polar surface area (TPSA) is 66.6 Å². The first kappa shape index (κ1) is 15.7. The van der Waals surface area contributed by atoms with E-state index in [2.05, 4.69) is 0 Å². The van der Waals surface area contributed by atoms with Gasteiger partial charge in [-0.2, -0.15) is 13.2 Å². The Morgan fingerprint density at radius 1 is 1.58 bits per heavy atom. The van der Waals surface area contributed by atoms with Crippen LogP contribution in [0.1, 0.15) is 24.3 Å². The van der Waals surface area contributed by atoms with Gasteiger partial charge in [-0.1, -0.05) is 0 Å². The largest absolute Gasteiger partial charge is 0.390 e. The Labute approximate surface area is 111 Å². The molecule has 0 radical (unpaired) electrons. The molecule has 0 aliphatic heterocycles. The number of alkyl halides is 3. The van der Waals surface area contributed by atoms with Crippen molar-refractivity contribution in [2.24, 2.45) is 0 Å². The average molecular weight is 298 g/mol. The molecule has 1 heterocycles. The minimum absolute atomic E-state index is 0.116. The fourth-order valence-corrected chi connectivity index (χ4v) is 2.45. The molecule has 0 fully saturated rings. The predicted molar refractivity (Wildman–Crippen MR) is 65.5 cm³/mol. The van der Waals surface area contributed by atoms with Crippen LogP contribution in [0.2, 0.25) is 0 Å². The first-order valence-electron chi connectivity index (χ1n) is 5.36. The minimum Gasteiger partial charge on any atom is -0.388 e. The van der Waals surface area contributed by atoms with Crippen LogP contribution in [0.5, 0.6) is 0 Å². The summed E-state index contributed by atoms with van der Waals surface area (Å²) in [5.74, 6) is 0. The SMILES string of the molecule is CC(O)c1cc([N+](=O)[O-])c(N(C)CCC(F)(F)F)s1. The first-order chi connectivity index (χ1) is 8.61. The Morgan fingerprint density at radius 2 is 2.16 bits per heavy atom. The van der Waals surface area contributed by atoms with Crippen LogP contribution in [0.4, 0.5) is 23.9 Å². The molecule has 1 rings (SSSR count). The summed E-state index contributed by atoms with van der Waals surface area (Å²) in [7, 11) is 1.36. The lowest BCUT2D eigenvalue weighted by molar-refractivity contribution is -0.383. The Morgan fingerprint density at radius 3 is 2.58 bits per heavy atom. The maximum Gasteiger partial charge on any atom is 0.390 e. The monoisotopic (exact) mass is 298 g/mol. The van der Waals surface area contributed by atoms with Crippen molar-refractivity contribution in [3.63, 3.8) is 0 Å². The van der Waals surface area contributed by atoms with E-state index in [9.17, 15) is 28.4 Å². The van der Waals surface area contributed by atoms with Gasteiger partial charge in [-0.05, 0) is 6.92 Å². The molecule has 9 heteroatoms. The van der Waals surface area contributed by atoms with Gasteiger partial charge in [-0.3, -0.25) is 10.1 Å². The minimum atomic E-state index is -4.31. The third-order valence-corrected chi connectivity index (χ3v) is 3.81. The Bertz CT molecular complexity index is 459. The molecule has 0 aromatic carbocycles. The zero-order valence-corrected chi connectivity index (χ0v) is 11.1. The van der Waals surface area contributed by atoms with Gasteiger partial charge in [-0.25, -0.2) is 0 Å². The molecule has 0 bridgehead atoms. The highest BCUT2D eigenvalue weighted by Gasteiger charge is 2.29. The summed E-state index contributed by atoms with van der Waals surface area (Å²) in [6, 6.07) is 1.19. The number of anilines is 1. The van der Waals surface area contributed by atoms with Gasteiger partial charge in [0.2, 0.25) is 0 Å². The second-order valence-electron chi connectivity index (χ2n) is 4.06. The van der Waals surface area contributed by atoms with E-state index >= 15 is 0 Å². The van der Waals surface area contributed by atoms with E-state index in [1.54, 1.807) is 0 Å². The zero-order chi connectivity index (χ0) is 14.8. The number of hydrogen-bond acceptors (Lipinski definition) is 5. The summed E-state index contributed by atoms with van der Waals surface area (Å²) in [6.07, 6.45) is -6.26. The van der Waals surface area contributed by atoms with Crippen LogP contribution in [-0.2, 0) is 0 Å². The second kappa shape index (κ2) is 5.74. The molecule has 1 aromatic rings. The van der Waals surface area contributed by atoms with E-state index in [1.807, 2.05) is 0 Å². The van der Waals surface area contributed by atoms with E-state index in [-0.39, 0.29) is 17.2 Å². The molecular weight excluding hydrogens is 285 g/mol. The number of aliphatic hydroxyl groups excluding tert-OH is 1. The van der Waals surface area contributed by atoms with Crippen LogP contribution in [0.25, 0.3) is 0 Å². The number of hydrogen-bond donors (Lipinski definition) is 1. The van der Waals surface area contributed by atoms with Gasteiger partial charge in [-0.15, -0.1) is 11.3 Å². The summed E-state index contributed by atoms with van der Waals surface area (Å²) in [5.41, 5.74) is -0.287. The number of aliphatic hydroxyl groups is 1. The van der Waals surface area contributed by atoms with Crippen molar-refractivity contribution in [3.05, 3.63) is 21.1 Å². The first-order valence-corrected chi connectivity index (χ1v) is 6.17. The number of halogens is 3. The van der Waals surface area contributed by atoms with E-state index in [4.69, 9.17) is 0 Å². The molecular formula is C10H13F3N2O3S. The molecule has 0 amide bonds. The van der Waals surface area contributed by atoms with Crippen LogP contribution in [0.15, 0.2) is 6.07 Å². The Hall–Kier alpha value is -1.35. The highest BCUT2D eigenvalue weighted by molar-refractivity contribution is 7.16. The van der Waals surface area contributed by atoms with Gasteiger partial charge >= 0.3 is 11.9 Å². The lowest BCUT2D eigenvalue weighted by Crippen LogP contribution is -2.23. The van der Waals surface area contributed by atoms with Gasteiger partial charge in [0.05, 0.1) is 17.4 Å². The van der Waals surface area contributed by atoms with Crippen molar-refractivity contribution < 1.29 is 23.2 Å². The molecule has 1 N–H and O–H groups in total. The van der Waals surface area contributed by atoms with Gasteiger partial charge in [0.1, 0.15) is 0 Å². The molecule has 0 spiro atoms. The number of nitro groups is 1. The van der Waals surface area contributed by atoms with Crippen LogP contribution in [0.3, 0.4) is 0 Å². The summed E-state index contributed by atoms with van der Waals surface area (Å²) >= 11 is 0.922. The highest BCUT2D eigenvalue weighted by Crippen LogP contribution is 2.40. The molecule has 1 unspecified atom stereocenters. The summed E-state index contributed by atoms with van der Waals surface area (Å²) < 4.78 is 36.4. The van der Waals surface area contributed by atoms with Crippen LogP contribution < -0.4 is 4.90 Å². The van der Waals surface area contributed by atoms with Crippen LogP contribution in [0, 0.1) is 10.1 Å². The number of thiophene rings is 1. The summed E-state index contributed by atoms with van der Waals surface area (Å²) in [5, 5.41) is 20.3. The van der Waals surface area contributed by atoms with Crippen molar-refractivity contribution in [1.29, 1.82) is 0 Å². The third-order valence-electron chi connectivity index (χ3n) is 2.40. The maximum absolute atomic E-state index is 12.1. The standard InChI is InChI=1S/C10H13F3N2O3S/c1-6(16)8-5-7(15(17)18)9(19-8)14(2)4-3-10(11,12)13/h5-6,16H,3-4H2,1-2H3. The quantitative estimate of drug-likeness (QED) is 0.670. The third kappa shape index (κ3) is 4.35. The normalized spacial score (nSPS) is 13.4. The molecule has 19 heavy (non-hydrogen) atoms.